The van der Waals surface area contributed by atoms with E-state index in [1.807, 2.05) is 24.8 Å². The zero-order valence-electron chi connectivity index (χ0n) is 14.1. The summed E-state index contributed by atoms with van der Waals surface area (Å²) >= 11 is 0. The highest BCUT2D eigenvalue weighted by Gasteiger charge is 2.36. The molecule has 1 aliphatic rings. The minimum Gasteiger partial charge on any atom is -0.478 e. The first-order valence-corrected chi connectivity index (χ1v) is 8.27. The lowest BCUT2D eigenvalue weighted by Crippen LogP contribution is -2.48. The Morgan fingerprint density at radius 2 is 1.95 bits per heavy atom. The van der Waals surface area contributed by atoms with Crippen LogP contribution in [0.25, 0.3) is 0 Å². The van der Waals surface area contributed by atoms with Crippen LogP contribution >= 0.6 is 0 Å². The second kappa shape index (κ2) is 7.14. The van der Waals surface area contributed by atoms with Crippen LogP contribution in [-0.4, -0.2) is 25.1 Å². The second-order valence-electron chi connectivity index (χ2n) is 6.65. The van der Waals surface area contributed by atoms with Gasteiger partial charge in [0.05, 0.1) is 5.69 Å². The van der Waals surface area contributed by atoms with Gasteiger partial charge in [-0.1, -0.05) is 33.8 Å². The number of fused-ring (bicyclic) bond motifs is 1. The predicted molar refractivity (Wildman–Crippen MR) is 90.4 cm³/mol. The molecule has 1 atom stereocenters. The van der Waals surface area contributed by atoms with Crippen LogP contribution in [0, 0.1) is 5.92 Å². The molecular weight excluding hydrogens is 276 g/mol. The second-order valence-corrected chi connectivity index (χ2v) is 6.65. The largest absolute Gasteiger partial charge is 0.478 e. The van der Waals surface area contributed by atoms with E-state index in [1.165, 1.54) is 5.56 Å². The minimum absolute atomic E-state index is 0.0698. The van der Waals surface area contributed by atoms with Crippen molar-refractivity contribution in [1.82, 2.24) is 0 Å². The maximum absolute atomic E-state index is 12.8. The summed E-state index contributed by atoms with van der Waals surface area (Å²) in [5.74, 6) is 1.47. The number of carbonyl (C=O) groups excluding carboxylic acids is 1. The smallest absolute Gasteiger partial charge is 0.268 e. The number of nitrogens with zero attached hydrogens (tertiary/aromatic N) is 1. The normalized spacial score (nSPS) is 17.9. The molecule has 1 heterocycles. The molecule has 1 aromatic rings. The standard InChI is InChI=1S/C18H28N2O2/c1-12(2)14-7-8-16-15(11-14)20(10-6-5-9-19)18(21)17(22-16)13(3)4/h7-8,11-13,17H,5-6,9-10,19H2,1-4H3. The van der Waals surface area contributed by atoms with Crippen molar-refractivity contribution in [1.29, 1.82) is 0 Å². The fraction of sp³-hybridized carbons (Fsp3) is 0.611. The number of carbonyl (C=O) groups is 1. The van der Waals surface area contributed by atoms with Gasteiger partial charge in [0.15, 0.2) is 6.10 Å². The van der Waals surface area contributed by atoms with Crippen LogP contribution in [-0.2, 0) is 4.79 Å². The molecule has 1 aromatic carbocycles. The van der Waals surface area contributed by atoms with E-state index in [4.69, 9.17) is 10.5 Å². The van der Waals surface area contributed by atoms with Crippen LogP contribution in [0.15, 0.2) is 18.2 Å². The number of hydrogen-bond donors (Lipinski definition) is 1. The van der Waals surface area contributed by atoms with Crippen LogP contribution < -0.4 is 15.4 Å². The van der Waals surface area contributed by atoms with E-state index >= 15 is 0 Å². The number of anilines is 1. The molecule has 0 fully saturated rings. The number of ether oxygens (including phenoxy) is 1. The molecule has 1 aliphatic heterocycles. The van der Waals surface area contributed by atoms with Gasteiger partial charge in [-0.05, 0) is 48.9 Å². The summed E-state index contributed by atoms with van der Waals surface area (Å²) < 4.78 is 5.96. The van der Waals surface area contributed by atoms with E-state index in [2.05, 4.69) is 26.0 Å². The Balaban J connectivity index is 2.35. The van der Waals surface area contributed by atoms with Crippen LogP contribution in [0.2, 0.25) is 0 Å². The van der Waals surface area contributed by atoms with Gasteiger partial charge in [0.25, 0.3) is 5.91 Å². The van der Waals surface area contributed by atoms with E-state index in [9.17, 15) is 4.79 Å². The number of nitrogens with two attached hydrogens (primary N) is 1. The summed E-state index contributed by atoms with van der Waals surface area (Å²) in [6.45, 7) is 9.72. The molecule has 2 N–H and O–H groups in total. The fourth-order valence-corrected chi connectivity index (χ4v) is 2.73. The van der Waals surface area contributed by atoms with Crippen LogP contribution in [0.1, 0.15) is 52.0 Å². The van der Waals surface area contributed by atoms with Crippen molar-refractivity contribution in [3.05, 3.63) is 23.8 Å². The molecule has 0 saturated carbocycles. The first kappa shape index (κ1) is 16.8. The Hall–Kier alpha value is -1.55. The SMILES string of the molecule is CC(C)c1ccc2c(c1)N(CCCCN)C(=O)C(C(C)C)O2. The number of amides is 1. The molecular formula is C18H28N2O2. The molecule has 4 heteroatoms. The summed E-state index contributed by atoms with van der Waals surface area (Å²) in [4.78, 5) is 14.7. The number of hydrogen-bond acceptors (Lipinski definition) is 3. The molecule has 0 radical (unpaired) electrons. The zero-order valence-corrected chi connectivity index (χ0v) is 14.1. The first-order valence-electron chi connectivity index (χ1n) is 8.27. The molecule has 22 heavy (non-hydrogen) atoms. The maximum Gasteiger partial charge on any atom is 0.268 e. The highest BCUT2D eigenvalue weighted by atomic mass is 16.5. The van der Waals surface area contributed by atoms with Crippen molar-refractivity contribution in [3.8, 4) is 5.75 Å². The Morgan fingerprint density at radius 1 is 1.23 bits per heavy atom. The highest BCUT2D eigenvalue weighted by Crippen LogP contribution is 2.38. The van der Waals surface area contributed by atoms with Crippen molar-refractivity contribution < 1.29 is 9.53 Å². The van der Waals surface area contributed by atoms with Gasteiger partial charge >= 0.3 is 0 Å². The van der Waals surface area contributed by atoms with Crippen LogP contribution in [0.3, 0.4) is 0 Å². The quantitative estimate of drug-likeness (QED) is 0.820. The van der Waals surface area contributed by atoms with Crippen molar-refractivity contribution in [2.24, 2.45) is 11.7 Å². The molecule has 122 valence electrons. The topological polar surface area (TPSA) is 55.6 Å². The summed E-state index contributed by atoms with van der Waals surface area (Å²) in [6.07, 6.45) is 1.45. The van der Waals surface area contributed by atoms with Gasteiger partial charge in [-0.2, -0.15) is 0 Å². The van der Waals surface area contributed by atoms with Crippen molar-refractivity contribution in [3.63, 3.8) is 0 Å². The van der Waals surface area contributed by atoms with Gasteiger partial charge in [-0.3, -0.25) is 4.79 Å². The summed E-state index contributed by atoms with van der Waals surface area (Å²) in [6, 6.07) is 6.19. The van der Waals surface area contributed by atoms with Gasteiger partial charge in [-0.15, -0.1) is 0 Å². The number of rotatable bonds is 6. The van der Waals surface area contributed by atoms with Gasteiger partial charge in [0.2, 0.25) is 0 Å². The molecule has 2 rings (SSSR count). The average Bonchev–Trinajstić information content (AvgIpc) is 2.48. The van der Waals surface area contributed by atoms with E-state index in [0.29, 0.717) is 19.0 Å². The van der Waals surface area contributed by atoms with Gasteiger partial charge in [-0.25, -0.2) is 0 Å². The third-order valence-corrected chi connectivity index (χ3v) is 4.15. The average molecular weight is 304 g/mol. The Kier molecular flexibility index (Phi) is 5.46. The highest BCUT2D eigenvalue weighted by molar-refractivity contribution is 6.00. The van der Waals surface area contributed by atoms with Gasteiger partial charge in [0, 0.05) is 6.54 Å². The van der Waals surface area contributed by atoms with Gasteiger partial charge < -0.3 is 15.4 Å². The molecule has 0 bridgehead atoms. The first-order chi connectivity index (χ1) is 10.5. The Labute approximate surface area is 133 Å². The Morgan fingerprint density at radius 3 is 2.55 bits per heavy atom. The van der Waals surface area contributed by atoms with E-state index in [0.717, 1.165) is 24.3 Å². The van der Waals surface area contributed by atoms with Crippen molar-refractivity contribution in [2.45, 2.75) is 52.6 Å². The summed E-state index contributed by atoms with van der Waals surface area (Å²) in [7, 11) is 0. The lowest BCUT2D eigenvalue weighted by atomic mass is 9.99. The molecule has 0 spiro atoms. The molecule has 1 unspecified atom stereocenters. The van der Waals surface area contributed by atoms with E-state index in [-0.39, 0.29) is 11.8 Å². The minimum atomic E-state index is -0.393. The number of unbranched alkanes of at least 4 members (excludes halogenated alkanes) is 1. The van der Waals surface area contributed by atoms with Crippen molar-refractivity contribution in [2.75, 3.05) is 18.0 Å². The molecule has 0 aromatic heterocycles. The molecule has 4 nitrogen and oxygen atoms in total. The zero-order chi connectivity index (χ0) is 16.3. The molecule has 0 aliphatic carbocycles. The van der Waals surface area contributed by atoms with E-state index < -0.39 is 6.10 Å². The Bertz CT molecular complexity index is 526. The third-order valence-electron chi connectivity index (χ3n) is 4.15. The lowest BCUT2D eigenvalue weighted by molar-refractivity contribution is -0.128. The van der Waals surface area contributed by atoms with Crippen molar-refractivity contribution >= 4 is 11.6 Å². The monoisotopic (exact) mass is 304 g/mol. The molecule has 1 amide bonds. The number of benzene rings is 1. The van der Waals surface area contributed by atoms with Crippen LogP contribution in [0.5, 0.6) is 5.75 Å². The summed E-state index contributed by atoms with van der Waals surface area (Å²) in [5.41, 5.74) is 7.72. The predicted octanol–water partition coefficient (Wildman–Crippen LogP) is 3.30. The van der Waals surface area contributed by atoms with Crippen LogP contribution in [0.4, 0.5) is 5.69 Å². The summed E-state index contributed by atoms with van der Waals surface area (Å²) in [5, 5.41) is 0. The maximum atomic E-state index is 12.8. The molecule has 0 saturated heterocycles. The fourth-order valence-electron chi connectivity index (χ4n) is 2.73. The lowest BCUT2D eigenvalue weighted by Gasteiger charge is -2.36. The van der Waals surface area contributed by atoms with Gasteiger partial charge in [0.1, 0.15) is 5.75 Å². The third kappa shape index (κ3) is 3.43. The van der Waals surface area contributed by atoms with E-state index in [1.54, 1.807) is 0 Å².